The molecule has 0 aliphatic carbocycles. The lowest BCUT2D eigenvalue weighted by Gasteiger charge is -2.16. The zero-order valence-electron chi connectivity index (χ0n) is 9.57. The molecule has 1 atom stereocenters. The van der Waals surface area contributed by atoms with Crippen LogP contribution in [0.3, 0.4) is 0 Å². The van der Waals surface area contributed by atoms with Gasteiger partial charge in [-0.3, -0.25) is 4.79 Å². The van der Waals surface area contributed by atoms with Crippen molar-refractivity contribution in [3.63, 3.8) is 0 Å². The predicted molar refractivity (Wildman–Crippen MR) is 55.8 cm³/mol. The van der Waals surface area contributed by atoms with Crippen LogP contribution in [0.1, 0.15) is 27.7 Å². The molecule has 0 aliphatic heterocycles. The van der Waals surface area contributed by atoms with Crippen LogP contribution in [0.15, 0.2) is 12.2 Å². The van der Waals surface area contributed by atoms with Gasteiger partial charge in [0.2, 0.25) is 0 Å². The van der Waals surface area contributed by atoms with Gasteiger partial charge in [0.15, 0.2) is 0 Å². The number of aliphatic hydroxyl groups is 1. The van der Waals surface area contributed by atoms with E-state index in [1.807, 2.05) is 13.8 Å². The van der Waals surface area contributed by atoms with Gasteiger partial charge in [0.05, 0.1) is 18.6 Å². The van der Waals surface area contributed by atoms with E-state index >= 15 is 0 Å². The Morgan fingerprint density at radius 2 is 1.93 bits per heavy atom. The summed E-state index contributed by atoms with van der Waals surface area (Å²) in [7, 11) is 1.37. The molecule has 0 radical (unpaired) electrons. The minimum atomic E-state index is -0.888. The first kappa shape index (κ1) is 13.2. The number of ether oxygens (including phenoxy) is 1. The van der Waals surface area contributed by atoms with Gasteiger partial charge < -0.3 is 9.84 Å². The minimum Gasteiger partial charge on any atom is -0.469 e. The summed E-state index contributed by atoms with van der Waals surface area (Å²) in [5, 5.41) is 9.46. The van der Waals surface area contributed by atoms with Gasteiger partial charge >= 0.3 is 5.97 Å². The molecule has 0 rings (SSSR count). The summed E-state index contributed by atoms with van der Waals surface area (Å²) >= 11 is 0. The SMILES string of the molecule is COC(=O)C(/C=C/C(C)(C)O)C(C)C. The third-order valence-electron chi connectivity index (χ3n) is 1.90. The first-order valence-corrected chi connectivity index (χ1v) is 4.77. The third kappa shape index (κ3) is 5.02. The molecule has 1 N–H and O–H groups in total. The number of rotatable bonds is 4. The largest absolute Gasteiger partial charge is 0.469 e. The highest BCUT2D eigenvalue weighted by molar-refractivity contribution is 5.74. The van der Waals surface area contributed by atoms with Gasteiger partial charge in [-0.1, -0.05) is 26.0 Å². The zero-order valence-corrected chi connectivity index (χ0v) is 9.57. The summed E-state index contributed by atoms with van der Waals surface area (Å²) in [6.07, 6.45) is 3.32. The summed E-state index contributed by atoms with van der Waals surface area (Å²) in [5.74, 6) is -0.382. The molecule has 0 spiro atoms. The number of esters is 1. The maximum Gasteiger partial charge on any atom is 0.312 e. The molecule has 3 heteroatoms. The highest BCUT2D eigenvalue weighted by Gasteiger charge is 2.20. The van der Waals surface area contributed by atoms with E-state index in [1.165, 1.54) is 7.11 Å². The number of hydrogen-bond acceptors (Lipinski definition) is 3. The Balaban J connectivity index is 4.54. The zero-order chi connectivity index (χ0) is 11.4. The van der Waals surface area contributed by atoms with Crippen LogP contribution in [-0.2, 0) is 9.53 Å². The molecule has 0 saturated carbocycles. The van der Waals surface area contributed by atoms with Gasteiger partial charge in [-0.2, -0.15) is 0 Å². The Hall–Kier alpha value is -0.830. The topological polar surface area (TPSA) is 46.5 Å². The minimum absolute atomic E-state index is 0.168. The van der Waals surface area contributed by atoms with Crippen LogP contribution in [0.5, 0.6) is 0 Å². The Morgan fingerprint density at radius 1 is 1.43 bits per heavy atom. The van der Waals surface area contributed by atoms with Crippen molar-refractivity contribution < 1.29 is 14.6 Å². The molecule has 0 aliphatic rings. The van der Waals surface area contributed by atoms with Gasteiger partial charge in [-0.25, -0.2) is 0 Å². The van der Waals surface area contributed by atoms with Crippen LogP contribution in [0, 0.1) is 11.8 Å². The summed E-state index contributed by atoms with van der Waals surface area (Å²) in [4.78, 5) is 11.3. The fraction of sp³-hybridized carbons (Fsp3) is 0.727. The Kier molecular flexibility index (Phi) is 4.85. The fourth-order valence-corrected chi connectivity index (χ4v) is 1.05. The lowest BCUT2D eigenvalue weighted by Crippen LogP contribution is -2.21. The monoisotopic (exact) mass is 200 g/mol. The number of hydrogen-bond donors (Lipinski definition) is 1. The standard InChI is InChI=1S/C11H20O3/c1-8(2)9(10(12)14-5)6-7-11(3,4)13/h6-9,13H,1-5H3/b7-6+. The van der Waals surface area contributed by atoms with E-state index in [-0.39, 0.29) is 17.8 Å². The highest BCUT2D eigenvalue weighted by Crippen LogP contribution is 2.16. The van der Waals surface area contributed by atoms with Crippen LogP contribution in [0.25, 0.3) is 0 Å². The van der Waals surface area contributed by atoms with Gasteiger partial charge in [0, 0.05) is 0 Å². The normalized spacial score (nSPS) is 14.8. The lowest BCUT2D eigenvalue weighted by atomic mass is 9.93. The van der Waals surface area contributed by atoms with Gasteiger partial charge in [0.1, 0.15) is 0 Å². The third-order valence-corrected chi connectivity index (χ3v) is 1.90. The molecule has 0 fully saturated rings. The predicted octanol–water partition coefficient (Wildman–Crippen LogP) is 1.76. The van der Waals surface area contributed by atoms with Crippen molar-refractivity contribution in [3.05, 3.63) is 12.2 Å². The molecule has 0 bridgehead atoms. The molecule has 0 saturated heterocycles. The summed E-state index contributed by atoms with van der Waals surface area (Å²) in [6.45, 7) is 7.21. The second-order valence-electron chi connectivity index (χ2n) is 4.31. The Morgan fingerprint density at radius 3 is 2.21 bits per heavy atom. The van der Waals surface area contributed by atoms with Gasteiger partial charge in [-0.05, 0) is 19.8 Å². The maximum absolute atomic E-state index is 11.3. The molecule has 0 aromatic heterocycles. The first-order chi connectivity index (χ1) is 6.28. The molecule has 14 heavy (non-hydrogen) atoms. The molecular formula is C11H20O3. The Bertz CT molecular complexity index is 211. The van der Waals surface area contributed by atoms with Crippen LogP contribution in [0.4, 0.5) is 0 Å². The average Bonchev–Trinajstić information content (AvgIpc) is 2.01. The van der Waals surface area contributed by atoms with Crippen molar-refractivity contribution in [1.29, 1.82) is 0 Å². The Labute approximate surface area is 85.8 Å². The van der Waals surface area contributed by atoms with E-state index < -0.39 is 5.60 Å². The van der Waals surface area contributed by atoms with Crippen LogP contribution in [-0.4, -0.2) is 23.8 Å². The van der Waals surface area contributed by atoms with Crippen molar-refractivity contribution in [2.24, 2.45) is 11.8 Å². The maximum atomic E-state index is 11.3. The molecule has 0 amide bonds. The van der Waals surface area contributed by atoms with Crippen molar-refractivity contribution >= 4 is 5.97 Å². The first-order valence-electron chi connectivity index (χ1n) is 4.77. The summed E-state index contributed by atoms with van der Waals surface area (Å²) in [5.41, 5.74) is -0.888. The van der Waals surface area contributed by atoms with Crippen LogP contribution >= 0.6 is 0 Å². The number of carbonyl (C=O) groups excluding carboxylic acids is 1. The fourth-order valence-electron chi connectivity index (χ4n) is 1.05. The van der Waals surface area contributed by atoms with E-state index in [1.54, 1.807) is 26.0 Å². The summed E-state index contributed by atoms with van der Waals surface area (Å²) in [6, 6.07) is 0. The van der Waals surface area contributed by atoms with E-state index in [9.17, 15) is 9.90 Å². The molecule has 1 unspecified atom stereocenters. The van der Waals surface area contributed by atoms with E-state index in [0.29, 0.717) is 0 Å². The second-order valence-corrected chi connectivity index (χ2v) is 4.31. The smallest absolute Gasteiger partial charge is 0.312 e. The molecular weight excluding hydrogens is 180 g/mol. The van der Waals surface area contributed by atoms with Gasteiger partial charge in [0.25, 0.3) is 0 Å². The van der Waals surface area contributed by atoms with Crippen LogP contribution in [0.2, 0.25) is 0 Å². The molecule has 82 valence electrons. The van der Waals surface area contributed by atoms with E-state index in [2.05, 4.69) is 4.74 Å². The van der Waals surface area contributed by atoms with Crippen molar-refractivity contribution in [2.45, 2.75) is 33.3 Å². The van der Waals surface area contributed by atoms with Crippen LogP contribution < -0.4 is 0 Å². The van der Waals surface area contributed by atoms with Crippen molar-refractivity contribution in [2.75, 3.05) is 7.11 Å². The lowest BCUT2D eigenvalue weighted by molar-refractivity contribution is -0.145. The van der Waals surface area contributed by atoms with E-state index in [4.69, 9.17) is 0 Å². The molecule has 0 aromatic rings. The molecule has 0 heterocycles. The number of methoxy groups -OCH3 is 1. The highest BCUT2D eigenvalue weighted by atomic mass is 16.5. The number of carbonyl (C=O) groups is 1. The molecule has 0 aromatic carbocycles. The molecule has 3 nitrogen and oxygen atoms in total. The average molecular weight is 200 g/mol. The second kappa shape index (κ2) is 5.15. The van der Waals surface area contributed by atoms with Crippen molar-refractivity contribution in [3.8, 4) is 0 Å². The van der Waals surface area contributed by atoms with E-state index in [0.717, 1.165) is 0 Å². The van der Waals surface area contributed by atoms with Gasteiger partial charge in [-0.15, -0.1) is 0 Å². The quantitative estimate of drug-likeness (QED) is 0.555. The summed E-state index contributed by atoms with van der Waals surface area (Å²) < 4.78 is 4.67. The van der Waals surface area contributed by atoms with Crippen molar-refractivity contribution in [1.82, 2.24) is 0 Å².